The van der Waals surface area contributed by atoms with E-state index in [0.717, 1.165) is 0 Å². The minimum atomic E-state index is 0.0428. The number of hydrogen-bond donors (Lipinski definition) is 0. The first-order chi connectivity index (χ1) is 7.22. The number of carbonyl (C=O) groups excluding carboxylic acids is 1. The van der Waals surface area contributed by atoms with Crippen LogP contribution in [0, 0.1) is 5.92 Å². The number of hydrogen-bond acceptors (Lipinski definition) is 2. The van der Waals surface area contributed by atoms with Gasteiger partial charge in [0.05, 0.1) is 5.02 Å². The summed E-state index contributed by atoms with van der Waals surface area (Å²) in [5, 5.41) is 0.501. The lowest BCUT2D eigenvalue weighted by Crippen LogP contribution is -2.25. The van der Waals surface area contributed by atoms with Crippen LogP contribution in [-0.4, -0.2) is 23.3 Å². The van der Waals surface area contributed by atoms with Gasteiger partial charge >= 0.3 is 0 Å². The Morgan fingerprint density at radius 3 is 3.00 bits per heavy atom. The molecule has 1 unspecified atom stereocenters. The van der Waals surface area contributed by atoms with Gasteiger partial charge in [0.15, 0.2) is 5.82 Å². The highest BCUT2D eigenvalue weighted by molar-refractivity contribution is 6.33. The third-order valence-corrected chi connectivity index (χ3v) is 3.15. The molecule has 0 radical (unpaired) electrons. The van der Waals surface area contributed by atoms with Crippen molar-refractivity contribution in [3.8, 4) is 0 Å². The summed E-state index contributed by atoms with van der Waals surface area (Å²) in [5.41, 5.74) is 0. The third-order valence-electron chi connectivity index (χ3n) is 2.42. The second-order valence-corrected chi connectivity index (χ2v) is 4.25. The Kier molecular flexibility index (Phi) is 3.12. The lowest BCUT2D eigenvalue weighted by molar-refractivity contribution is -0.117. The molecule has 1 fully saturated rings. The fraction of sp³-hybridized carbons (Fsp3) is 0.400. The van der Waals surface area contributed by atoms with Crippen molar-refractivity contribution in [3.63, 3.8) is 0 Å². The van der Waals surface area contributed by atoms with Crippen LogP contribution in [-0.2, 0) is 4.79 Å². The molecule has 0 saturated carbocycles. The molecule has 1 aliphatic heterocycles. The first-order valence-electron chi connectivity index (χ1n) is 4.69. The molecule has 1 saturated heterocycles. The normalized spacial score (nSPS) is 21.1. The van der Waals surface area contributed by atoms with E-state index in [-0.39, 0.29) is 11.8 Å². The zero-order chi connectivity index (χ0) is 10.8. The Hall–Kier alpha value is -0.800. The summed E-state index contributed by atoms with van der Waals surface area (Å²) in [4.78, 5) is 17.4. The molecule has 1 amide bonds. The Morgan fingerprint density at radius 2 is 2.40 bits per heavy atom. The van der Waals surface area contributed by atoms with Gasteiger partial charge in [0.25, 0.3) is 0 Å². The average molecular weight is 245 g/mol. The number of aromatic nitrogens is 1. The number of amides is 1. The first-order valence-corrected chi connectivity index (χ1v) is 5.60. The minimum Gasteiger partial charge on any atom is -0.295 e. The van der Waals surface area contributed by atoms with Gasteiger partial charge in [-0.3, -0.25) is 9.69 Å². The van der Waals surface area contributed by atoms with Crippen molar-refractivity contribution in [2.24, 2.45) is 5.92 Å². The fourth-order valence-electron chi connectivity index (χ4n) is 1.67. The second kappa shape index (κ2) is 4.37. The highest BCUT2D eigenvalue weighted by atomic mass is 35.5. The molecule has 1 aromatic heterocycles. The summed E-state index contributed by atoms with van der Waals surface area (Å²) in [6.45, 7) is 0.610. The van der Waals surface area contributed by atoms with Crippen LogP contribution in [0.3, 0.4) is 0 Å². The quantitative estimate of drug-likeness (QED) is 0.749. The van der Waals surface area contributed by atoms with Crippen molar-refractivity contribution in [1.29, 1.82) is 0 Å². The van der Waals surface area contributed by atoms with Gasteiger partial charge in [-0.25, -0.2) is 4.98 Å². The van der Waals surface area contributed by atoms with Crippen LogP contribution in [0.5, 0.6) is 0 Å². The smallest absolute Gasteiger partial charge is 0.228 e. The molecule has 5 heteroatoms. The zero-order valence-electron chi connectivity index (χ0n) is 7.99. The fourth-order valence-corrected chi connectivity index (χ4v) is 2.10. The molecule has 0 aromatic carbocycles. The van der Waals surface area contributed by atoms with Crippen molar-refractivity contribution in [1.82, 2.24) is 4.98 Å². The van der Waals surface area contributed by atoms with E-state index in [2.05, 4.69) is 4.98 Å². The molecule has 0 spiro atoms. The maximum absolute atomic E-state index is 11.7. The molecule has 3 nitrogen and oxygen atoms in total. The molecule has 1 atom stereocenters. The minimum absolute atomic E-state index is 0.0428. The largest absolute Gasteiger partial charge is 0.295 e. The predicted octanol–water partition coefficient (Wildman–Crippen LogP) is 2.33. The van der Waals surface area contributed by atoms with E-state index in [1.807, 2.05) is 0 Å². The van der Waals surface area contributed by atoms with Gasteiger partial charge in [-0.2, -0.15) is 0 Å². The van der Waals surface area contributed by atoms with E-state index in [0.29, 0.717) is 29.7 Å². The van der Waals surface area contributed by atoms with Crippen LogP contribution in [0.1, 0.15) is 6.42 Å². The van der Waals surface area contributed by atoms with Crippen molar-refractivity contribution in [3.05, 3.63) is 23.4 Å². The number of alkyl halides is 1. The standard InChI is InChI=1S/C10H10Cl2N2O/c11-5-7-4-9(15)14(6-7)10-8(12)2-1-3-13-10/h1-3,7H,4-6H2. The van der Waals surface area contributed by atoms with Crippen LogP contribution in [0.15, 0.2) is 18.3 Å². The monoisotopic (exact) mass is 244 g/mol. The van der Waals surface area contributed by atoms with E-state index >= 15 is 0 Å². The summed E-state index contributed by atoms with van der Waals surface area (Å²) < 4.78 is 0. The number of anilines is 1. The molecular formula is C10H10Cl2N2O. The highest BCUT2D eigenvalue weighted by Crippen LogP contribution is 2.29. The molecule has 15 heavy (non-hydrogen) atoms. The zero-order valence-corrected chi connectivity index (χ0v) is 9.50. The van der Waals surface area contributed by atoms with Gasteiger partial charge < -0.3 is 0 Å². The van der Waals surface area contributed by atoms with Crippen LogP contribution < -0.4 is 4.90 Å². The molecule has 0 bridgehead atoms. The van der Waals surface area contributed by atoms with E-state index < -0.39 is 0 Å². The summed E-state index contributed by atoms with van der Waals surface area (Å²) >= 11 is 11.7. The molecule has 80 valence electrons. The Morgan fingerprint density at radius 1 is 1.60 bits per heavy atom. The summed E-state index contributed by atoms with van der Waals surface area (Å²) in [6, 6.07) is 3.47. The van der Waals surface area contributed by atoms with Gasteiger partial charge in [0, 0.05) is 25.0 Å². The predicted molar refractivity (Wildman–Crippen MR) is 60.4 cm³/mol. The average Bonchev–Trinajstić information content (AvgIpc) is 2.60. The van der Waals surface area contributed by atoms with Gasteiger partial charge in [-0.15, -0.1) is 11.6 Å². The van der Waals surface area contributed by atoms with Crippen molar-refractivity contribution < 1.29 is 4.79 Å². The Bertz CT molecular complexity index is 383. The van der Waals surface area contributed by atoms with Crippen LogP contribution in [0.4, 0.5) is 5.82 Å². The van der Waals surface area contributed by atoms with E-state index in [4.69, 9.17) is 23.2 Å². The molecule has 1 aliphatic rings. The molecule has 0 aliphatic carbocycles. The van der Waals surface area contributed by atoms with E-state index in [1.54, 1.807) is 23.2 Å². The van der Waals surface area contributed by atoms with Gasteiger partial charge in [0.2, 0.25) is 5.91 Å². The number of nitrogens with zero attached hydrogens (tertiary/aromatic N) is 2. The topological polar surface area (TPSA) is 33.2 Å². The lowest BCUT2D eigenvalue weighted by Gasteiger charge is -2.15. The highest BCUT2D eigenvalue weighted by Gasteiger charge is 2.31. The number of halogens is 2. The number of carbonyl (C=O) groups is 1. The van der Waals surface area contributed by atoms with Gasteiger partial charge in [-0.1, -0.05) is 11.6 Å². The summed E-state index contributed by atoms with van der Waals surface area (Å²) in [7, 11) is 0. The first kappa shape index (κ1) is 10.7. The lowest BCUT2D eigenvalue weighted by atomic mass is 10.1. The summed E-state index contributed by atoms with van der Waals surface area (Å²) in [6.07, 6.45) is 2.11. The molecular weight excluding hydrogens is 235 g/mol. The van der Waals surface area contributed by atoms with E-state index in [9.17, 15) is 4.79 Å². The summed E-state index contributed by atoms with van der Waals surface area (Å²) in [5.74, 6) is 1.28. The molecule has 2 heterocycles. The van der Waals surface area contributed by atoms with Crippen LogP contribution >= 0.6 is 23.2 Å². The molecule has 1 aromatic rings. The van der Waals surface area contributed by atoms with Crippen LogP contribution in [0.25, 0.3) is 0 Å². The van der Waals surface area contributed by atoms with Crippen molar-refractivity contribution in [2.45, 2.75) is 6.42 Å². The Labute approximate surface area is 98.0 Å². The second-order valence-electron chi connectivity index (χ2n) is 3.54. The maximum atomic E-state index is 11.7. The molecule has 0 N–H and O–H groups in total. The van der Waals surface area contributed by atoms with Gasteiger partial charge in [0.1, 0.15) is 0 Å². The van der Waals surface area contributed by atoms with Crippen LogP contribution in [0.2, 0.25) is 5.02 Å². The van der Waals surface area contributed by atoms with Gasteiger partial charge in [-0.05, 0) is 18.1 Å². The van der Waals surface area contributed by atoms with Crippen molar-refractivity contribution in [2.75, 3.05) is 17.3 Å². The maximum Gasteiger partial charge on any atom is 0.228 e. The van der Waals surface area contributed by atoms with E-state index in [1.165, 1.54) is 0 Å². The molecule has 2 rings (SSSR count). The SMILES string of the molecule is O=C1CC(CCl)CN1c1ncccc1Cl. The van der Waals surface area contributed by atoms with Crippen molar-refractivity contribution >= 4 is 34.9 Å². The number of pyridine rings is 1. The number of rotatable bonds is 2. The third kappa shape index (κ3) is 2.08. The Balaban J connectivity index is 2.25.